The first-order chi connectivity index (χ1) is 16.9. The number of aryl methyl sites for hydroxylation is 1. The van der Waals surface area contributed by atoms with Gasteiger partial charge in [-0.2, -0.15) is 0 Å². The minimum atomic E-state index is -2.49. The molecule has 166 valence electrons. The van der Waals surface area contributed by atoms with Crippen LogP contribution in [0.25, 0.3) is 4.85 Å². The minimum absolute atomic E-state index is 0.0568. The summed E-state index contributed by atoms with van der Waals surface area (Å²) in [6.07, 6.45) is -0.214. The van der Waals surface area contributed by atoms with Crippen molar-refractivity contribution < 1.29 is 17.4 Å². The van der Waals surface area contributed by atoms with Gasteiger partial charge in [0.25, 0.3) is 0 Å². The van der Waals surface area contributed by atoms with Gasteiger partial charge >= 0.3 is 0 Å². The average Bonchev–Trinajstić information content (AvgIpc) is 3.03. The molecular formula is C27H35FN2O. The molecule has 2 aromatic carbocycles. The van der Waals surface area contributed by atoms with Crippen molar-refractivity contribution >= 4 is 5.69 Å². The summed E-state index contributed by atoms with van der Waals surface area (Å²) in [5.41, 5.74) is 2.63. The molecule has 0 N–H and O–H groups in total. The van der Waals surface area contributed by atoms with Gasteiger partial charge in [0.1, 0.15) is 11.4 Å². The van der Waals surface area contributed by atoms with E-state index in [-0.39, 0.29) is 30.5 Å². The van der Waals surface area contributed by atoms with Crippen molar-refractivity contribution in [2.45, 2.75) is 72.6 Å². The zero-order valence-electron chi connectivity index (χ0n) is 25.4. The van der Waals surface area contributed by atoms with Crippen LogP contribution >= 0.6 is 0 Å². The standard InChI is InChI=1S/C27H35FN2O/c1-16(2)30(9)15-17(3)14-27(23-10-11-25(28)20(6)19(23)5)24-12-18(4)26(29-8)13-22(24)21(7)31-27/h10-13,16-17,21H,14-15H2,1-7,9H3/t17?,21?,27-/m0/s1/i9D3,10D,11D,16D. The second-order valence-electron chi connectivity index (χ2n) is 8.98. The maximum Gasteiger partial charge on any atom is 0.190 e. The van der Waals surface area contributed by atoms with E-state index in [0.29, 0.717) is 16.8 Å². The third-order valence-corrected chi connectivity index (χ3v) is 6.38. The maximum absolute atomic E-state index is 14.8. The summed E-state index contributed by atoms with van der Waals surface area (Å²) in [4.78, 5) is 4.78. The molecule has 3 nitrogen and oxygen atoms in total. The zero-order valence-corrected chi connectivity index (χ0v) is 19.4. The molecule has 0 bridgehead atoms. The highest BCUT2D eigenvalue weighted by molar-refractivity contribution is 5.61. The van der Waals surface area contributed by atoms with Gasteiger partial charge in [0.2, 0.25) is 0 Å². The third-order valence-electron chi connectivity index (χ3n) is 6.38. The molecule has 4 heteroatoms. The number of nitrogens with zero attached hydrogens (tertiary/aromatic N) is 2. The highest BCUT2D eigenvalue weighted by Gasteiger charge is 2.47. The Balaban J connectivity index is 2.29. The number of halogens is 1. The first-order valence-electron chi connectivity index (χ1n) is 13.6. The Hall–Kier alpha value is -2.22. The Morgan fingerprint density at radius 3 is 2.58 bits per heavy atom. The molecule has 3 atom stereocenters. The molecular weight excluding hydrogens is 387 g/mol. The van der Waals surface area contributed by atoms with Crippen LogP contribution < -0.4 is 0 Å². The summed E-state index contributed by atoms with van der Waals surface area (Å²) in [6.45, 7) is 17.0. The van der Waals surface area contributed by atoms with Crippen molar-refractivity contribution in [1.82, 2.24) is 4.90 Å². The molecule has 3 rings (SSSR count). The number of fused-ring (bicyclic) bond motifs is 1. The quantitative estimate of drug-likeness (QED) is 0.461. The van der Waals surface area contributed by atoms with Crippen molar-refractivity contribution in [2.24, 2.45) is 5.92 Å². The lowest BCUT2D eigenvalue weighted by Crippen LogP contribution is -2.36. The lowest BCUT2D eigenvalue weighted by Gasteiger charge is -2.37. The monoisotopic (exact) mass is 428 g/mol. The molecule has 0 radical (unpaired) electrons. The fourth-order valence-electron chi connectivity index (χ4n) is 4.51. The Labute approximate surface area is 195 Å². The van der Waals surface area contributed by atoms with E-state index in [0.717, 1.165) is 21.6 Å². The molecule has 1 heterocycles. The van der Waals surface area contributed by atoms with Gasteiger partial charge in [-0.3, -0.25) is 0 Å². The second-order valence-corrected chi connectivity index (χ2v) is 8.98. The molecule has 0 saturated carbocycles. The van der Waals surface area contributed by atoms with Gasteiger partial charge in [0, 0.05) is 18.0 Å². The van der Waals surface area contributed by atoms with Gasteiger partial charge in [-0.1, -0.05) is 25.1 Å². The molecule has 1 aliphatic heterocycles. The van der Waals surface area contributed by atoms with Crippen LogP contribution in [0.1, 0.15) is 81.8 Å². The van der Waals surface area contributed by atoms with E-state index in [2.05, 4.69) is 4.85 Å². The van der Waals surface area contributed by atoms with Gasteiger partial charge in [-0.05, 0) is 100 Å². The fraction of sp³-hybridized carbons (Fsp3) is 0.519. The molecule has 31 heavy (non-hydrogen) atoms. The average molecular weight is 429 g/mol. The molecule has 0 aromatic heterocycles. The topological polar surface area (TPSA) is 16.8 Å². The van der Waals surface area contributed by atoms with Crippen molar-refractivity contribution in [3.8, 4) is 0 Å². The summed E-state index contributed by atoms with van der Waals surface area (Å²) in [5, 5.41) is 0. The number of hydrogen-bond donors (Lipinski definition) is 0. The van der Waals surface area contributed by atoms with Crippen molar-refractivity contribution in [3.05, 3.63) is 74.8 Å². The Bertz CT molecular complexity index is 1220. The van der Waals surface area contributed by atoms with Crippen LogP contribution in [0.4, 0.5) is 10.1 Å². The van der Waals surface area contributed by atoms with Crippen LogP contribution in [0, 0.1) is 39.1 Å². The largest absolute Gasteiger partial charge is 0.358 e. The van der Waals surface area contributed by atoms with Crippen LogP contribution in [0.5, 0.6) is 0 Å². The molecule has 2 unspecified atom stereocenters. The van der Waals surface area contributed by atoms with Crippen LogP contribution in [-0.2, 0) is 10.3 Å². The van der Waals surface area contributed by atoms with Gasteiger partial charge in [-0.25, -0.2) is 9.24 Å². The molecule has 0 fully saturated rings. The van der Waals surface area contributed by atoms with Crippen molar-refractivity contribution in [2.75, 3.05) is 13.5 Å². The lowest BCUT2D eigenvalue weighted by molar-refractivity contribution is -0.0567. The number of ether oxygens (including phenoxy) is 1. The second kappa shape index (κ2) is 8.73. The summed E-state index contributed by atoms with van der Waals surface area (Å²) >= 11 is 0. The van der Waals surface area contributed by atoms with E-state index in [1.54, 1.807) is 19.9 Å². The van der Waals surface area contributed by atoms with E-state index in [1.807, 2.05) is 26.8 Å². The van der Waals surface area contributed by atoms with Crippen LogP contribution in [0.15, 0.2) is 24.2 Å². The highest BCUT2D eigenvalue weighted by Crippen LogP contribution is 2.53. The highest BCUT2D eigenvalue weighted by atomic mass is 19.1. The molecule has 2 aromatic rings. The molecule has 0 saturated heterocycles. The number of hydrogen-bond acceptors (Lipinski definition) is 2. The van der Waals surface area contributed by atoms with Crippen molar-refractivity contribution in [1.29, 1.82) is 0 Å². The summed E-state index contributed by atoms with van der Waals surface area (Å²) in [6, 6.07) is 1.50. The Morgan fingerprint density at radius 1 is 1.26 bits per heavy atom. The van der Waals surface area contributed by atoms with E-state index >= 15 is 0 Å². The van der Waals surface area contributed by atoms with Gasteiger partial charge in [0.15, 0.2) is 5.69 Å². The van der Waals surface area contributed by atoms with Gasteiger partial charge < -0.3 is 9.64 Å². The zero-order chi connectivity index (χ0) is 28.2. The van der Waals surface area contributed by atoms with E-state index in [9.17, 15) is 4.39 Å². The number of benzene rings is 2. The van der Waals surface area contributed by atoms with E-state index in [1.165, 1.54) is 13.8 Å². The van der Waals surface area contributed by atoms with E-state index in [4.69, 9.17) is 19.5 Å². The summed E-state index contributed by atoms with van der Waals surface area (Å²) in [5.74, 6) is -1.08. The molecule has 1 aliphatic rings. The van der Waals surface area contributed by atoms with Crippen LogP contribution in [0.3, 0.4) is 0 Å². The summed E-state index contributed by atoms with van der Waals surface area (Å²) < 4.78 is 71.0. The lowest BCUT2D eigenvalue weighted by atomic mass is 9.76. The molecule has 0 spiro atoms. The molecule has 0 amide bonds. The van der Waals surface area contributed by atoms with Crippen molar-refractivity contribution in [3.63, 3.8) is 0 Å². The SMILES string of the molecule is [2H]c1c([2H])c([C@]2(CC(C)CN(C([2H])([2H])[2H])C([2H])(C)C)OC(C)c3cc([N+]#[C-])c(C)cc32)c(C)c(C)c1F. The molecule has 0 aliphatic carbocycles. The fourth-order valence-corrected chi connectivity index (χ4v) is 4.51. The normalized spacial score (nSPS) is 25.0. The third kappa shape index (κ3) is 4.14. The minimum Gasteiger partial charge on any atom is -0.358 e. The maximum atomic E-state index is 14.8. The Kier molecular flexibility index (Phi) is 4.62. The predicted molar refractivity (Wildman–Crippen MR) is 125 cm³/mol. The van der Waals surface area contributed by atoms with Crippen LogP contribution in [-0.4, -0.2) is 24.4 Å². The van der Waals surface area contributed by atoms with Gasteiger partial charge in [-0.15, -0.1) is 0 Å². The smallest absolute Gasteiger partial charge is 0.190 e. The van der Waals surface area contributed by atoms with Gasteiger partial charge in [0.05, 0.1) is 15.4 Å². The number of rotatable bonds is 6. The van der Waals surface area contributed by atoms with Crippen LogP contribution in [0.2, 0.25) is 0 Å². The van der Waals surface area contributed by atoms with E-state index < -0.39 is 36.6 Å². The predicted octanol–water partition coefficient (Wildman–Crippen LogP) is 7.00. The first-order valence-corrected chi connectivity index (χ1v) is 10.6. The summed E-state index contributed by atoms with van der Waals surface area (Å²) in [7, 11) is 0. The first kappa shape index (κ1) is 16.4. The Morgan fingerprint density at radius 2 is 1.97 bits per heavy atom.